The summed E-state index contributed by atoms with van der Waals surface area (Å²) in [4.78, 5) is 0. The van der Waals surface area contributed by atoms with Crippen LogP contribution in [0.25, 0.3) is 11.1 Å². The van der Waals surface area contributed by atoms with Crippen LogP contribution in [0.4, 0.5) is 5.69 Å². The molecule has 0 saturated heterocycles. The molecule has 2 N–H and O–H groups in total. The van der Waals surface area contributed by atoms with Gasteiger partial charge in [-0.15, -0.1) is 0 Å². The van der Waals surface area contributed by atoms with Gasteiger partial charge in [0.2, 0.25) is 0 Å². The van der Waals surface area contributed by atoms with Crippen molar-refractivity contribution in [1.82, 2.24) is 0 Å². The number of nitrogen functional groups attached to an aromatic ring is 1. The Morgan fingerprint density at radius 1 is 0.545 bits per heavy atom. The Balaban J connectivity index is 1.73. The Morgan fingerprint density at radius 2 is 1.12 bits per heavy atom. The van der Waals surface area contributed by atoms with Crippen molar-refractivity contribution in [3.8, 4) is 11.1 Å². The van der Waals surface area contributed by atoms with Crippen LogP contribution in [-0.2, 0) is 11.8 Å². The van der Waals surface area contributed by atoms with E-state index in [1.165, 1.54) is 44.5 Å². The van der Waals surface area contributed by atoms with Crippen molar-refractivity contribution in [3.63, 3.8) is 0 Å². The van der Waals surface area contributed by atoms with E-state index < -0.39 is 5.41 Å². The predicted molar refractivity (Wildman–Crippen MR) is 137 cm³/mol. The highest BCUT2D eigenvalue weighted by molar-refractivity contribution is 5.91. The molecule has 5 aromatic rings. The summed E-state index contributed by atoms with van der Waals surface area (Å²) < 4.78 is 0. The van der Waals surface area contributed by atoms with Crippen LogP contribution >= 0.6 is 0 Å². The van der Waals surface area contributed by atoms with E-state index in [1.807, 2.05) is 6.07 Å². The highest BCUT2D eigenvalue weighted by Crippen LogP contribution is 2.58. The lowest BCUT2D eigenvalue weighted by atomic mass is 9.67. The summed E-state index contributed by atoms with van der Waals surface area (Å²) in [7, 11) is 0. The molecule has 0 unspecified atom stereocenters. The van der Waals surface area contributed by atoms with E-state index in [0.717, 1.165) is 12.1 Å². The molecule has 6 rings (SSSR count). The molecule has 1 aliphatic rings. The molecule has 33 heavy (non-hydrogen) atoms. The first kappa shape index (κ1) is 19.6. The molecule has 0 atom stereocenters. The lowest BCUT2D eigenvalue weighted by molar-refractivity contribution is 0.770. The maximum atomic E-state index is 6.80. The van der Waals surface area contributed by atoms with Crippen LogP contribution in [0, 0.1) is 0 Å². The lowest BCUT2D eigenvalue weighted by Gasteiger charge is -2.34. The lowest BCUT2D eigenvalue weighted by Crippen LogP contribution is -2.29. The molecule has 1 aliphatic carbocycles. The Morgan fingerprint density at radius 3 is 1.76 bits per heavy atom. The first-order valence-corrected chi connectivity index (χ1v) is 11.5. The van der Waals surface area contributed by atoms with E-state index >= 15 is 0 Å². The van der Waals surface area contributed by atoms with Gasteiger partial charge in [-0.25, -0.2) is 0 Å². The van der Waals surface area contributed by atoms with Crippen molar-refractivity contribution < 1.29 is 0 Å². The molecular weight excluding hydrogens is 398 g/mol. The summed E-state index contributed by atoms with van der Waals surface area (Å²) in [5.41, 5.74) is 17.4. The largest absolute Gasteiger partial charge is 0.398 e. The molecule has 0 bridgehead atoms. The van der Waals surface area contributed by atoms with Gasteiger partial charge in [0.15, 0.2) is 0 Å². The van der Waals surface area contributed by atoms with Gasteiger partial charge in [-0.1, -0.05) is 121 Å². The smallest absolute Gasteiger partial charge is 0.0733 e. The second-order valence-corrected chi connectivity index (χ2v) is 8.75. The van der Waals surface area contributed by atoms with E-state index in [2.05, 4.69) is 121 Å². The molecule has 0 fully saturated rings. The van der Waals surface area contributed by atoms with Crippen molar-refractivity contribution in [2.24, 2.45) is 0 Å². The monoisotopic (exact) mass is 423 g/mol. The minimum atomic E-state index is -0.453. The van der Waals surface area contributed by atoms with Crippen molar-refractivity contribution in [1.29, 1.82) is 0 Å². The van der Waals surface area contributed by atoms with Crippen molar-refractivity contribution in [2.45, 2.75) is 11.8 Å². The number of nitrogens with two attached hydrogens (primary N) is 1. The number of fused-ring (bicyclic) bond motifs is 3. The Bertz CT molecular complexity index is 1380. The molecule has 5 aromatic carbocycles. The first-order chi connectivity index (χ1) is 16.3. The van der Waals surface area contributed by atoms with Crippen molar-refractivity contribution in [3.05, 3.63) is 161 Å². The van der Waals surface area contributed by atoms with Gasteiger partial charge in [0.25, 0.3) is 0 Å². The van der Waals surface area contributed by atoms with Crippen LogP contribution in [0.5, 0.6) is 0 Å². The minimum absolute atomic E-state index is 0.453. The average Bonchev–Trinajstić information content (AvgIpc) is 3.19. The molecule has 1 heteroatoms. The summed E-state index contributed by atoms with van der Waals surface area (Å²) >= 11 is 0. The molecule has 0 spiro atoms. The summed E-state index contributed by atoms with van der Waals surface area (Å²) in [5, 5.41) is 0. The average molecular weight is 424 g/mol. The van der Waals surface area contributed by atoms with Crippen molar-refractivity contribution >= 4 is 5.69 Å². The maximum absolute atomic E-state index is 6.80. The van der Waals surface area contributed by atoms with Gasteiger partial charge in [0.05, 0.1) is 5.41 Å². The van der Waals surface area contributed by atoms with Crippen LogP contribution in [0.3, 0.4) is 0 Å². The highest BCUT2D eigenvalue weighted by atomic mass is 14.6. The van der Waals surface area contributed by atoms with Gasteiger partial charge in [-0.3, -0.25) is 0 Å². The summed E-state index contributed by atoms with van der Waals surface area (Å²) in [6, 6.07) is 45.5. The predicted octanol–water partition coefficient (Wildman–Crippen LogP) is 7.22. The number of hydrogen-bond acceptors (Lipinski definition) is 1. The van der Waals surface area contributed by atoms with Gasteiger partial charge in [-0.2, -0.15) is 0 Å². The number of benzene rings is 5. The van der Waals surface area contributed by atoms with E-state index in [4.69, 9.17) is 5.73 Å². The fraction of sp³-hybridized carbons (Fsp3) is 0.0625. The third-order valence-electron chi connectivity index (χ3n) is 6.95. The fourth-order valence-corrected chi connectivity index (χ4v) is 5.67. The zero-order chi connectivity index (χ0) is 22.3. The summed E-state index contributed by atoms with van der Waals surface area (Å²) in [6.45, 7) is 0. The summed E-state index contributed by atoms with van der Waals surface area (Å²) in [5.74, 6) is 0. The highest BCUT2D eigenvalue weighted by Gasteiger charge is 2.47. The molecule has 0 aromatic heterocycles. The Hall–Kier alpha value is -4.10. The molecular formula is C32H25N. The maximum Gasteiger partial charge on any atom is 0.0733 e. The molecule has 0 amide bonds. The molecule has 0 aliphatic heterocycles. The Kier molecular flexibility index (Phi) is 4.62. The quantitative estimate of drug-likeness (QED) is 0.298. The fourth-order valence-electron chi connectivity index (χ4n) is 5.67. The van der Waals surface area contributed by atoms with Crippen LogP contribution in [0.2, 0.25) is 0 Å². The third kappa shape index (κ3) is 2.93. The van der Waals surface area contributed by atoms with Gasteiger partial charge >= 0.3 is 0 Å². The van der Waals surface area contributed by atoms with Crippen LogP contribution in [-0.4, -0.2) is 0 Å². The van der Waals surface area contributed by atoms with Crippen molar-refractivity contribution in [2.75, 3.05) is 5.73 Å². The molecule has 158 valence electrons. The normalized spacial score (nSPS) is 13.3. The summed E-state index contributed by atoms with van der Waals surface area (Å²) in [6.07, 6.45) is 0.887. The van der Waals surface area contributed by atoms with Crippen LogP contribution < -0.4 is 5.73 Å². The topological polar surface area (TPSA) is 26.0 Å². The third-order valence-corrected chi connectivity index (χ3v) is 6.95. The molecule has 0 heterocycles. The van der Waals surface area contributed by atoms with Gasteiger partial charge in [0.1, 0.15) is 0 Å². The van der Waals surface area contributed by atoms with E-state index in [9.17, 15) is 0 Å². The molecule has 0 radical (unpaired) electrons. The Labute approximate surface area is 195 Å². The first-order valence-electron chi connectivity index (χ1n) is 11.5. The van der Waals surface area contributed by atoms with Gasteiger partial charge < -0.3 is 5.73 Å². The standard InChI is InChI=1S/C32H25N/c33-29-21-11-19-27-30-24(22-23-12-4-1-5-13-23)14-10-20-28(30)32(31(27)29,25-15-6-2-7-16-25)26-17-8-3-9-18-26/h1-21H,22,33H2. The van der Waals surface area contributed by atoms with E-state index in [1.54, 1.807) is 0 Å². The number of anilines is 1. The zero-order valence-corrected chi connectivity index (χ0v) is 18.4. The SMILES string of the molecule is Nc1cccc2c1C(c1ccccc1)(c1ccccc1)c1cccc(Cc3ccccc3)c1-2. The molecule has 1 nitrogen and oxygen atoms in total. The second-order valence-electron chi connectivity index (χ2n) is 8.75. The van der Waals surface area contributed by atoms with E-state index in [0.29, 0.717) is 0 Å². The molecule has 0 saturated carbocycles. The second kappa shape index (κ2) is 7.79. The number of hydrogen-bond donors (Lipinski definition) is 1. The van der Waals surface area contributed by atoms with E-state index in [-0.39, 0.29) is 0 Å². The van der Waals surface area contributed by atoms with Gasteiger partial charge in [0, 0.05) is 11.3 Å². The van der Waals surface area contributed by atoms with Gasteiger partial charge in [-0.05, 0) is 51.4 Å². The zero-order valence-electron chi connectivity index (χ0n) is 18.4. The van der Waals surface area contributed by atoms with Crippen LogP contribution in [0.1, 0.15) is 33.4 Å². The van der Waals surface area contributed by atoms with Crippen LogP contribution in [0.15, 0.2) is 127 Å². The number of rotatable bonds is 4. The minimum Gasteiger partial charge on any atom is -0.398 e.